The number of aliphatic carboxylic acids is 1. The van der Waals surface area contributed by atoms with Crippen LogP contribution in [0.5, 0.6) is 0 Å². The van der Waals surface area contributed by atoms with E-state index in [1.807, 2.05) is 12.1 Å². The summed E-state index contributed by atoms with van der Waals surface area (Å²) in [5, 5.41) is 9.72. The number of furan rings is 1. The van der Waals surface area contributed by atoms with Crippen molar-refractivity contribution in [2.24, 2.45) is 0 Å². The van der Waals surface area contributed by atoms with Gasteiger partial charge in [-0.1, -0.05) is 35.6 Å². The fourth-order valence-electron chi connectivity index (χ4n) is 2.25. The Hall–Kier alpha value is -2.09. The van der Waals surface area contributed by atoms with Crippen LogP contribution in [0.25, 0.3) is 17.4 Å². The van der Waals surface area contributed by atoms with Gasteiger partial charge in [-0.2, -0.15) is 0 Å². The molecule has 25 heavy (non-hydrogen) atoms. The van der Waals surface area contributed by atoms with Crippen molar-refractivity contribution in [3.8, 4) is 11.3 Å². The molecule has 8 heteroatoms. The first-order valence-electron chi connectivity index (χ1n) is 7.22. The number of thiocarbonyl (C=S) groups is 1. The predicted molar refractivity (Wildman–Crippen MR) is 101 cm³/mol. The Kier molecular flexibility index (Phi) is 4.99. The summed E-state index contributed by atoms with van der Waals surface area (Å²) < 4.78 is 5.95. The molecule has 5 nitrogen and oxygen atoms in total. The van der Waals surface area contributed by atoms with Crippen molar-refractivity contribution in [2.75, 3.05) is 0 Å². The molecule has 128 valence electrons. The van der Waals surface area contributed by atoms with Gasteiger partial charge in [0.2, 0.25) is 0 Å². The summed E-state index contributed by atoms with van der Waals surface area (Å²) >= 11 is 12.0. The molecule has 1 aromatic heterocycles. The normalized spacial score (nSPS) is 17.4. The van der Waals surface area contributed by atoms with Crippen LogP contribution >= 0.6 is 35.6 Å². The third-order valence-electron chi connectivity index (χ3n) is 3.60. The monoisotopic (exact) mass is 393 g/mol. The van der Waals surface area contributed by atoms with E-state index < -0.39 is 17.9 Å². The van der Waals surface area contributed by atoms with E-state index in [2.05, 4.69) is 0 Å². The number of benzene rings is 1. The molecule has 0 spiro atoms. The lowest BCUT2D eigenvalue weighted by Gasteiger charge is -2.18. The average Bonchev–Trinajstić information content (AvgIpc) is 3.13. The lowest BCUT2D eigenvalue weighted by atomic mass is 10.2. The van der Waals surface area contributed by atoms with Crippen LogP contribution in [0.15, 0.2) is 45.7 Å². The quantitative estimate of drug-likeness (QED) is 0.617. The minimum atomic E-state index is -1.11. The van der Waals surface area contributed by atoms with Gasteiger partial charge in [-0.05, 0) is 43.3 Å². The first kappa shape index (κ1) is 17.7. The van der Waals surface area contributed by atoms with Gasteiger partial charge in [0.25, 0.3) is 5.91 Å². The topological polar surface area (TPSA) is 70.8 Å². The van der Waals surface area contributed by atoms with Crippen molar-refractivity contribution < 1.29 is 19.1 Å². The van der Waals surface area contributed by atoms with Gasteiger partial charge in [-0.25, -0.2) is 4.79 Å². The minimum Gasteiger partial charge on any atom is -0.480 e. The Morgan fingerprint density at radius 3 is 2.64 bits per heavy atom. The number of halogens is 1. The van der Waals surface area contributed by atoms with Crippen molar-refractivity contribution in [3.05, 3.63) is 52.1 Å². The van der Waals surface area contributed by atoms with Crippen LogP contribution in [0, 0.1) is 0 Å². The number of carbonyl (C=O) groups is 2. The van der Waals surface area contributed by atoms with Crippen molar-refractivity contribution >= 4 is 57.9 Å². The van der Waals surface area contributed by atoms with Crippen molar-refractivity contribution in [1.29, 1.82) is 0 Å². The zero-order chi connectivity index (χ0) is 18.1. The van der Waals surface area contributed by atoms with E-state index >= 15 is 0 Å². The van der Waals surface area contributed by atoms with Crippen LogP contribution in [-0.4, -0.2) is 32.2 Å². The fraction of sp³-hybridized carbons (Fsp3) is 0.118. The maximum absolute atomic E-state index is 12.4. The fourth-order valence-corrected chi connectivity index (χ4v) is 3.78. The number of thioether (sulfide) groups is 1. The number of carbonyl (C=O) groups excluding carboxylic acids is 1. The van der Waals surface area contributed by atoms with Crippen LogP contribution in [0.2, 0.25) is 5.02 Å². The van der Waals surface area contributed by atoms with Crippen LogP contribution in [0.1, 0.15) is 12.7 Å². The Bertz CT molecular complexity index is 888. The summed E-state index contributed by atoms with van der Waals surface area (Å²) in [6.07, 6.45) is 1.56. The van der Waals surface area contributed by atoms with Gasteiger partial charge in [-0.15, -0.1) is 0 Å². The molecule has 0 bridgehead atoms. The molecule has 0 aliphatic carbocycles. The summed E-state index contributed by atoms with van der Waals surface area (Å²) in [6, 6.07) is 9.69. The average molecular weight is 394 g/mol. The molecule has 3 rings (SSSR count). The zero-order valence-corrected chi connectivity index (χ0v) is 15.3. The Balaban J connectivity index is 1.84. The van der Waals surface area contributed by atoms with Crippen LogP contribution in [0.4, 0.5) is 0 Å². The number of rotatable bonds is 4. The predicted octanol–water partition coefficient (Wildman–Crippen LogP) is 4.27. The summed E-state index contributed by atoms with van der Waals surface area (Å²) in [4.78, 5) is 24.9. The van der Waals surface area contributed by atoms with Crippen LogP contribution in [0.3, 0.4) is 0 Å². The Morgan fingerprint density at radius 1 is 1.32 bits per heavy atom. The lowest BCUT2D eigenvalue weighted by Crippen LogP contribution is -2.41. The van der Waals surface area contributed by atoms with Gasteiger partial charge in [-0.3, -0.25) is 9.69 Å². The number of hydrogen-bond acceptors (Lipinski definition) is 5. The van der Waals surface area contributed by atoms with Gasteiger partial charge >= 0.3 is 5.97 Å². The highest BCUT2D eigenvalue weighted by Gasteiger charge is 2.38. The molecule has 1 atom stereocenters. The Morgan fingerprint density at radius 2 is 2.00 bits per heavy atom. The van der Waals surface area contributed by atoms with E-state index in [4.69, 9.17) is 33.3 Å². The molecular weight excluding hydrogens is 382 g/mol. The number of carboxylic acid groups (broad SMARTS) is 1. The molecule has 1 fully saturated rings. The third kappa shape index (κ3) is 3.63. The summed E-state index contributed by atoms with van der Waals surface area (Å²) in [5.74, 6) is -0.430. The van der Waals surface area contributed by atoms with Gasteiger partial charge in [0, 0.05) is 16.7 Å². The van der Waals surface area contributed by atoms with E-state index in [1.54, 1.807) is 30.3 Å². The molecule has 0 saturated carbocycles. The zero-order valence-electron chi connectivity index (χ0n) is 12.9. The molecule has 2 aromatic rings. The largest absolute Gasteiger partial charge is 0.480 e. The number of amides is 1. The summed E-state index contributed by atoms with van der Waals surface area (Å²) in [7, 11) is 0. The minimum absolute atomic E-state index is 0.218. The van der Waals surface area contributed by atoms with E-state index in [9.17, 15) is 9.59 Å². The highest BCUT2D eigenvalue weighted by Crippen LogP contribution is 2.35. The smallest absolute Gasteiger partial charge is 0.326 e. The molecule has 1 saturated heterocycles. The number of hydrogen-bond donors (Lipinski definition) is 1. The molecule has 1 aliphatic heterocycles. The number of carboxylic acids is 1. The van der Waals surface area contributed by atoms with E-state index in [-0.39, 0.29) is 4.32 Å². The summed E-state index contributed by atoms with van der Waals surface area (Å²) in [6.45, 7) is 1.42. The van der Waals surface area contributed by atoms with Gasteiger partial charge < -0.3 is 9.52 Å². The third-order valence-corrected chi connectivity index (χ3v) is 5.18. The molecule has 0 radical (unpaired) electrons. The maximum Gasteiger partial charge on any atom is 0.326 e. The van der Waals surface area contributed by atoms with E-state index in [0.29, 0.717) is 21.4 Å². The molecule has 1 aliphatic rings. The van der Waals surface area contributed by atoms with Crippen molar-refractivity contribution in [1.82, 2.24) is 4.90 Å². The van der Waals surface area contributed by atoms with Gasteiger partial charge in [0.15, 0.2) is 0 Å². The standard InChI is InChI=1S/C17H12ClNO4S2/c1-9(16(21)22)19-15(20)14(25-17(19)24)8-12-6-7-13(23-12)10-2-4-11(18)5-3-10/h2-9H,1H3,(H,21,22)/b14-8+/t9-/m1/s1. The van der Waals surface area contributed by atoms with Crippen molar-refractivity contribution in [3.63, 3.8) is 0 Å². The second-order valence-corrected chi connectivity index (χ2v) is 7.39. The highest BCUT2D eigenvalue weighted by molar-refractivity contribution is 8.26. The molecule has 2 heterocycles. The first-order valence-corrected chi connectivity index (χ1v) is 8.83. The second-order valence-electron chi connectivity index (χ2n) is 5.27. The summed E-state index contributed by atoms with van der Waals surface area (Å²) in [5.41, 5.74) is 0.857. The maximum atomic E-state index is 12.4. The van der Waals surface area contributed by atoms with Crippen LogP contribution < -0.4 is 0 Å². The molecule has 1 N–H and O–H groups in total. The Labute approximate surface area is 158 Å². The molecule has 1 amide bonds. The second kappa shape index (κ2) is 7.03. The van der Waals surface area contributed by atoms with Gasteiger partial charge in [0.05, 0.1) is 4.91 Å². The molecule has 0 unspecified atom stereocenters. The first-order chi connectivity index (χ1) is 11.9. The van der Waals surface area contributed by atoms with Crippen molar-refractivity contribution in [2.45, 2.75) is 13.0 Å². The number of nitrogens with zero attached hydrogens (tertiary/aromatic N) is 1. The highest BCUT2D eigenvalue weighted by atomic mass is 35.5. The molecule has 1 aromatic carbocycles. The van der Waals surface area contributed by atoms with E-state index in [1.165, 1.54) is 6.92 Å². The SMILES string of the molecule is C[C@H](C(=O)O)N1C(=O)/C(=C\c2ccc(-c3ccc(Cl)cc3)o2)SC1=S. The molecular formula is C17H12ClNO4S2. The van der Waals surface area contributed by atoms with E-state index in [0.717, 1.165) is 22.2 Å². The van der Waals surface area contributed by atoms with Crippen LogP contribution in [-0.2, 0) is 9.59 Å². The van der Waals surface area contributed by atoms with Gasteiger partial charge in [0.1, 0.15) is 21.9 Å². The lowest BCUT2D eigenvalue weighted by molar-refractivity contribution is -0.144.